The van der Waals surface area contributed by atoms with Crippen LogP contribution in [0, 0.1) is 12.7 Å². The molecule has 0 atom stereocenters. The SMILES string of the molecule is C=Cc1cc(-c2sc(Cc3ccc(F)c(O)c3)nc2C)ccc1C(N)=O. The zero-order chi connectivity index (χ0) is 18.8. The second-order valence-electron chi connectivity index (χ2n) is 5.86. The zero-order valence-corrected chi connectivity index (χ0v) is 14.9. The van der Waals surface area contributed by atoms with Gasteiger partial charge in [-0.1, -0.05) is 24.8 Å². The molecule has 3 aromatic rings. The van der Waals surface area contributed by atoms with Gasteiger partial charge in [0, 0.05) is 12.0 Å². The van der Waals surface area contributed by atoms with Crippen molar-refractivity contribution in [3.05, 3.63) is 76.2 Å². The number of aryl methyl sites for hydroxylation is 1. The molecule has 132 valence electrons. The Hall–Kier alpha value is -2.99. The topological polar surface area (TPSA) is 76.2 Å². The van der Waals surface area contributed by atoms with Gasteiger partial charge < -0.3 is 10.8 Å². The summed E-state index contributed by atoms with van der Waals surface area (Å²) < 4.78 is 13.2. The van der Waals surface area contributed by atoms with Gasteiger partial charge >= 0.3 is 0 Å². The van der Waals surface area contributed by atoms with Crippen LogP contribution in [0.1, 0.15) is 32.2 Å². The predicted octanol–water partition coefficient (Wildman–Crippen LogP) is 4.30. The average Bonchev–Trinajstić information content (AvgIpc) is 2.97. The van der Waals surface area contributed by atoms with Crippen LogP contribution in [0.5, 0.6) is 5.75 Å². The molecule has 1 amide bonds. The normalized spacial score (nSPS) is 10.7. The van der Waals surface area contributed by atoms with Crippen LogP contribution in [-0.4, -0.2) is 16.0 Å². The number of benzene rings is 2. The minimum Gasteiger partial charge on any atom is -0.505 e. The number of phenols is 1. The summed E-state index contributed by atoms with van der Waals surface area (Å²) in [5, 5.41) is 10.4. The molecule has 0 spiro atoms. The van der Waals surface area contributed by atoms with Gasteiger partial charge in [-0.15, -0.1) is 11.3 Å². The minimum atomic E-state index is -0.642. The molecule has 1 aromatic heterocycles. The lowest BCUT2D eigenvalue weighted by Crippen LogP contribution is -2.12. The van der Waals surface area contributed by atoms with Gasteiger partial charge in [-0.2, -0.15) is 0 Å². The molecule has 1 heterocycles. The zero-order valence-electron chi connectivity index (χ0n) is 14.1. The first kappa shape index (κ1) is 17.8. The fraction of sp³-hybridized carbons (Fsp3) is 0.100. The Morgan fingerprint density at radius 2 is 2.12 bits per heavy atom. The van der Waals surface area contributed by atoms with Crippen molar-refractivity contribution in [1.29, 1.82) is 0 Å². The van der Waals surface area contributed by atoms with Gasteiger partial charge in [0.15, 0.2) is 11.6 Å². The highest BCUT2D eigenvalue weighted by Crippen LogP contribution is 2.33. The number of amides is 1. The van der Waals surface area contributed by atoms with E-state index in [1.807, 2.05) is 19.1 Å². The molecule has 4 nitrogen and oxygen atoms in total. The maximum Gasteiger partial charge on any atom is 0.249 e. The van der Waals surface area contributed by atoms with Gasteiger partial charge in [-0.25, -0.2) is 9.37 Å². The monoisotopic (exact) mass is 368 g/mol. The van der Waals surface area contributed by atoms with Crippen molar-refractivity contribution >= 4 is 23.3 Å². The molecule has 0 fully saturated rings. The standard InChI is InChI=1S/C20H17FN2O2S/c1-3-13-10-14(5-6-15(13)20(22)25)19-11(2)23-18(26-19)9-12-4-7-16(21)17(24)8-12/h3-8,10,24H,1,9H2,2H3,(H2,22,25). The largest absolute Gasteiger partial charge is 0.505 e. The van der Waals surface area contributed by atoms with Gasteiger partial charge in [0.05, 0.1) is 15.6 Å². The second-order valence-corrected chi connectivity index (χ2v) is 6.94. The quantitative estimate of drug-likeness (QED) is 0.705. The lowest BCUT2D eigenvalue weighted by molar-refractivity contribution is 0.1000. The Bertz CT molecular complexity index is 1010. The summed E-state index contributed by atoms with van der Waals surface area (Å²) in [6, 6.07) is 9.66. The van der Waals surface area contributed by atoms with Crippen molar-refractivity contribution in [2.75, 3.05) is 0 Å². The van der Waals surface area contributed by atoms with Gasteiger partial charge in [0.2, 0.25) is 5.91 Å². The Labute approximate surface area is 154 Å². The van der Waals surface area contributed by atoms with E-state index in [4.69, 9.17) is 5.73 Å². The van der Waals surface area contributed by atoms with Crippen molar-refractivity contribution in [2.24, 2.45) is 5.73 Å². The van der Waals surface area contributed by atoms with Crippen molar-refractivity contribution < 1.29 is 14.3 Å². The van der Waals surface area contributed by atoms with Crippen molar-refractivity contribution in [1.82, 2.24) is 4.98 Å². The molecule has 0 unspecified atom stereocenters. The molecule has 0 bridgehead atoms. The molecular formula is C20H17FN2O2S. The van der Waals surface area contributed by atoms with E-state index in [1.54, 1.807) is 18.2 Å². The number of nitrogens with two attached hydrogens (primary N) is 1. The average molecular weight is 368 g/mol. The lowest BCUT2D eigenvalue weighted by atomic mass is 10.0. The van der Waals surface area contributed by atoms with Crippen LogP contribution < -0.4 is 5.73 Å². The molecule has 0 aliphatic rings. The third-order valence-electron chi connectivity index (χ3n) is 4.01. The minimum absolute atomic E-state index is 0.367. The Balaban J connectivity index is 1.94. The summed E-state index contributed by atoms with van der Waals surface area (Å²) in [5.74, 6) is -1.51. The molecule has 6 heteroatoms. The summed E-state index contributed by atoms with van der Waals surface area (Å²) in [6.45, 7) is 5.64. The van der Waals surface area contributed by atoms with Gasteiger partial charge in [0.25, 0.3) is 0 Å². The lowest BCUT2D eigenvalue weighted by Gasteiger charge is -2.05. The number of halogens is 1. The van der Waals surface area contributed by atoms with E-state index < -0.39 is 11.7 Å². The molecule has 0 aliphatic carbocycles. The molecule has 0 aliphatic heterocycles. The van der Waals surface area contributed by atoms with E-state index in [-0.39, 0.29) is 5.75 Å². The Morgan fingerprint density at radius 1 is 1.35 bits per heavy atom. The van der Waals surface area contributed by atoms with E-state index in [0.717, 1.165) is 26.7 Å². The summed E-state index contributed by atoms with van der Waals surface area (Å²) in [6.07, 6.45) is 2.09. The predicted molar refractivity (Wildman–Crippen MR) is 102 cm³/mol. The fourth-order valence-corrected chi connectivity index (χ4v) is 3.83. The van der Waals surface area contributed by atoms with Crippen LogP contribution >= 0.6 is 11.3 Å². The van der Waals surface area contributed by atoms with Crippen LogP contribution in [-0.2, 0) is 6.42 Å². The summed E-state index contributed by atoms with van der Waals surface area (Å²) in [5.41, 5.74) is 9.04. The van der Waals surface area contributed by atoms with Gasteiger partial charge in [0.1, 0.15) is 0 Å². The number of phenolic OH excluding ortho intramolecular Hbond substituents is 1. The van der Waals surface area contributed by atoms with E-state index in [1.165, 1.54) is 23.5 Å². The van der Waals surface area contributed by atoms with Crippen molar-refractivity contribution in [3.8, 4) is 16.2 Å². The first-order valence-corrected chi connectivity index (χ1v) is 8.71. The molecular weight excluding hydrogens is 351 g/mol. The molecule has 0 saturated heterocycles. The fourth-order valence-electron chi connectivity index (χ4n) is 2.74. The van der Waals surface area contributed by atoms with Gasteiger partial charge in [-0.05, 0) is 47.9 Å². The number of primary amides is 1. The molecule has 3 rings (SSSR count). The molecule has 2 aromatic carbocycles. The van der Waals surface area contributed by atoms with Crippen LogP contribution in [0.3, 0.4) is 0 Å². The number of hydrogen-bond donors (Lipinski definition) is 2. The van der Waals surface area contributed by atoms with Crippen LogP contribution in [0.25, 0.3) is 16.5 Å². The summed E-state index contributed by atoms with van der Waals surface area (Å²) >= 11 is 1.51. The smallest absolute Gasteiger partial charge is 0.249 e. The van der Waals surface area contributed by atoms with Crippen LogP contribution in [0.2, 0.25) is 0 Å². The Kier molecular flexibility index (Phi) is 4.86. The first-order valence-electron chi connectivity index (χ1n) is 7.89. The summed E-state index contributed by atoms with van der Waals surface area (Å²) in [7, 11) is 0. The number of aromatic nitrogens is 1. The highest BCUT2D eigenvalue weighted by Gasteiger charge is 2.14. The summed E-state index contributed by atoms with van der Waals surface area (Å²) in [4.78, 5) is 17.0. The third-order valence-corrected chi connectivity index (χ3v) is 5.21. The van der Waals surface area contributed by atoms with Gasteiger partial charge in [-0.3, -0.25) is 4.79 Å². The number of carbonyl (C=O) groups excluding carboxylic acids is 1. The number of rotatable bonds is 5. The van der Waals surface area contributed by atoms with Crippen LogP contribution in [0.15, 0.2) is 43.0 Å². The van der Waals surface area contributed by atoms with E-state index >= 15 is 0 Å². The molecule has 3 N–H and O–H groups in total. The van der Waals surface area contributed by atoms with Crippen molar-refractivity contribution in [2.45, 2.75) is 13.3 Å². The molecule has 0 saturated carbocycles. The second kappa shape index (κ2) is 7.09. The first-order chi connectivity index (χ1) is 12.4. The number of nitrogens with zero attached hydrogens (tertiary/aromatic N) is 1. The van der Waals surface area contributed by atoms with Crippen LogP contribution in [0.4, 0.5) is 4.39 Å². The highest BCUT2D eigenvalue weighted by molar-refractivity contribution is 7.15. The van der Waals surface area contributed by atoms with E-state index in [2.05, 4.69) is 11.6 Å². The molecule has 0 radical (unpaired) electrons. The maximum atomic E-state index is 13.2. The maximum absolute atomic E-state index is 13.2. The number of thiazole rings is 1. The number of hydrogen-bond acceptors (Lipinski definition) is 4. The third kappa shape index (κ3) is 3.50. The Morgan fingerprint density at radius 3 is 2.77 bits per heavy atom. The van der Waals surface area contributed by atoms with E-state index in [9.17, 15) is 14.3 Å². The number of aromatic hydroxyl groups is 1. The molecule has 26 heavy (non-hydrogen) atoms. The van der Waals surface area contributed by atoms with E-state index in [0.29, 0.717) is 17.5 Å². The van der Waals surface area contributed by atoms with Crippen molar-refractivity contribution in [3.63, 3.8) is 0 Å². The highest BCUT2D eigenvalue weighted by atomic mass is 32.1. The number of carbonyl (C=O) groups is 1.